The molecular weight excluding hydrogens is 346 g/mol. The molecule has 0 radical (unpaired) electrons. The molecule has 0 fully saturated rings. The molecule has 0 amide bonds. The molecule has 2 aromatic carbocycles. The smallest absolute Gasteiger partial charge is 0.193 e. The summed E-state index contributed by atoms with van der Waals surface area (Å²) >= 11 is 4.92. The van der Waals surface area contributed by atoms with Gasteiger partial charge in [0.2, 0.25) is 0 Å². The topological polar surface area (TPSA) is 84.2 Å². The minimum absolute atomic E-state index is 0.0794. The number of thiocarbonyl (C=S) groups is 1. The Balaban J connectivity index is 1.95. The zero-order chi connectivity index (χ0) is 18.5. The maximum absolute atomic E-state index is 12.7. The number of allylic oxidation sites excluding steroid dienone is 2. The average Bonchev–Trinajstić information content (AvgIpc) is 2.63. The van der Waals surface area contributed by atoms with Crippen molar-refractivity contribution in [3.05, 3.63) is 71.4 Å². The SMILES string of the molecule is NC(=S)Nc1ccc(C(=O)c2ccccc2)cc1NC1=CC(=O)CCC1. The van der Waals surface area contributed by atoms with E-state index in [1.54, 1.807) is 36.4 Å². The lowest BCUT2D eigenvalue weighted by molar-refractivity contribution is -0.115. The number of hydrogen-bond acceptors (Lipinski definition) is 4. The first-order chi connectivity index (χ1) is 12.5. The van der Waals surface area contributed by atoms with E-state index in [9.17, 15) is 9.59 Å². The van der Waals surface area contributed by atoms with Crippen molar-refractivity contribution in [1.29, 1.82) is 0 Å². The van der Waals surface area contributed by atoms with Crippen LogP contribution >= 0.6 is 12.2 Å². The second-order valence-corrected chi connectivity index (χ2v) is 6.50. The number of nitrogens with one attached hydrogen (secondary N) is 2. The summed E-state index contributed by atoms with van der Waals surface area (Å²) in [5.41, 5.74) is 8.87. The second kappa shape index (κ2) is 7.93. The number of carbonyl (C=O) groups is 2. The molecule has 0 saturated carbocycles. The highest BCUT2D eigenvalue weighted by Crippen LogP contribution is 2.28. The van der Waals surface area contributed by atoms with Crippen LogP contribution in [0.15, 0.2) is 60.3 Å². The Morgan fingerprint density at radius 3 is 2.46 bits per heavy atom. The van der Waals surface area contributed by atoms with E-state index >= 15 is 0 Å². The van der Waals surface area contributed by atoms with Gasteiger partial charge in [-0.3, -0.25) is 9.59 Å². The molecule has 5 nitrogen and oxygen atoms in total. The minimum atomic E-state index is -0.0794. The van der Waals surface area contributed by atoms with Crippen molar-refractivity contribution in [3.63, 3.8) is 0 Å². The highest BCUT2D eigenvalue weighted by molar-refractivity contribution is 7.80. The lowest BCUT2D eigenvalue weighted by Crippen LogP contribution is -2.20. The van der Waals surface area contributed by atoms with Gasteiger partial charge in [-0.1, -0.05) is 30.3 Å². The molecule has 0 atom stereocenters. The van der Waals surface area contributed by atoms with Gasteiger partial charge < -0.3 is 16.4 Å². The van der Waals surface area contributed by atoms with Crippen LogP contribution in [0.3, 0.4) is 0 Å². The van der Waals surface area contributed by atoms with Gasteiger partial charge in [0.05, 0.1) is 11.4 Å². The molecule has 3 rings (SSSR count). The molecule has 0 aromatic heterocycles. The van der Waals surface area contributed by atoms with Gasteiger partial charge in [-0.05, 0) is 43.3 Å². The van der Waals surface area contributed by atoms with E-state index in [2.05, 4.69) is 10.6 Å². The van der Waals surface area contributed by atoms with Gasteiger partial charge in [-0.25, -0.2) is 0 Å². The number of nitrogens with two attached hydrogens (primary N) is 1. The van der Waals surface area contributed by atoms with Crippen LogP contribution in [0.2, 0.25) is 0 Å². The molecule has 1 aliphatic carbocycles. The summed E-state index contributed by atoms with van der Waals surface area (Å²) in [6.07, 6.45) is 3.75. The van der Waals surface area contributed by atoms with Crippen LogP contribution in [-0.2, 0) is 4.79 Å². The predicted molar refractivity (Wildman–Crippen MR) is 107 cm³/mol. The zero-order valence-corrected chi connectivity index (χ0v) is 14.9. The van der Waals surface area contributed by atoms with Gasteiger partial charge in [0, 0.05) is 29.3 Å². The monoisotopic (exact) mass is 365 g/mol. The first-order valence-corrected chi connectivity index (χ1v) is 8.74. The van der Waals surface area contributed by atoms with Crippen molar-refractivity contribution in [1.82, 2.24) is 0 Å². The van der Waals surface area contributed by atoms with E-state index in [0.717, 1.165) is 18.5 Å². The van der Waals surface area contributed by atoms with Crippen molar-refractivity contribution < 1.29 is 9.59 Å². The number of hydrogen-bond donors (Lipinski definition) is 3. The number of rotatable bonds is 5. The number of anilines is 2. The third-order valence-electron chi connectivity index (χ3n) is 4.08. The summed E-state index contributed by atoms with van der Waals surface area (Å²) in [5.74, 6) is 0.0170. The van der Waals surface area contributed by atoms with E-state index in [1.165, 1.54) is 0 Å². The molecular formula is C20H19N3O2S. The molecule has 0 bridgehead atoms. The molecule has 4 N–H and O–H groups in total. The predicted octanol–water partition coefficient (Wildman–Crippen LogP) is 3.62. The Morgan fingerprint density at radius 2 is 1.77 bits per heavy atom. The molecule has 0 spiro atoms. The first kappa shape index (κ1) is 17.8. The molecule has 0 saturated heterocycles. The summed E-state index contributed by atoms with van der Waals surface area (Å²) in [6.45, 7) is 0. The minimum Gasteiger partial charge on any atom is -0.376 e. The molecule has 132 valence electrons. The number of benzene rings is 2. The molecule has 2 aromatic rings. The summed E-state index contributed by atoms with van der Waals surface area (Å²) < 4.78 is 0. The maximum atomic E-state index is 12.7. The van der Waals surface area contributed by atoms with E-state index in [4.69, 9.17) is 18.0 Å². The maximum Gasteiger partial charge on any atom is 0.193 e. The lowest BCUT2D eigenvalue weighted by atomic mass is 10.0. The van der Waals surface area contributed by atoms with Crippen LogP contribution < -0.4 is 16.4 Å². The fourth-order valence-corrected chi connectivity index (χ4v) is 2.96. The van der Waals surface area contributed by atoms with Crippen LogP contribution in [0.1, 0.15) is 35.2 Å². The molecule has 0 unspecified atom stereocenters. The van der Waals surface area contributed by atoms with Crippen molar-refractivity contribution in [2.24, 2.45) is 5.73 Å². The van der Waals surface area contributed by atoms with Gasteiger partial charge in [0.1, 0.15) is 0 Å². The van der Waals surface area contributed by atoms with Gasteiger partial charge in [-0.15, -0.1) is 0 Å². The van der Waals surface area contributed by atoms with E-state index < -0.39 is 0 Å². The zero-order valence-electron chi connectivity index (χ0n) is 14.1. The first-order valence-electron chi connectivity index (χ1n) is 8.33. The standard InChI is InChI=1S/C20H19N3O2S/c21-20(26)23-17-10-9-14(19(25)13-5-2-1-3-6-13)11-18(17)22-15-7-4-8-16(24)12-15/h1-3,5-6,9-12,22H,4,7-8H2,(H3,21,23,26). The Bertz CT molecular complexity index is 891. The molecule has 26 heavy (non-hydrogen) atoms. The van der Waals surface area contributed by atoms with Crippen molar-refractivity contribution in [3.8, 4) is 0 Å². The van der Waals surface area contributed by atoms with Gasteiger partial charge in [0.15, 0.2) is 16.7 Å². The molecule has 0 heterocycles. The Labute approximate surface area is 157 Å². The largest absolute Gasteiger partial charge is 0.376 e. The fraction of sp³-hybridized carbons (Fsp3) is 0.150. The number of ketones is 2. The van der Waals surface area contributed by atoms with Crippen LogP contribution in [0.4, 0.5) is 11.4 Å². The van der Waals surface area contributed by atoms with Crippen LogP contribution in [-0.4, -0.2) is 16.7 Å². The Morgan fingerprint density at radius 1 is 1.00 bits per heavy atom. The van der Waals surface area contributed by atoms with Crippen LogP contribution in [0.25, 0.3) is 0 Å². The van der Waals surface area contributed by atoms with Crippen molar-refractivity contribution >= 4 is 40.3 Å². The lowest BCUT2D eigenvalue weighted by Gasteiger charge is -2.18. The number of carbonyl (C=O) groups excluding carboxylic acids is 2. The van der Waals surface area contributed by atoms with Gasteiger partial charge >= 0.3 is 0 Å². The van der Waals surface area contributed by atoms with E-state index in [1.807, 2.05) is 18.2 Å². The van der Waals surface area contributed by atoms with E-state index in [0.29, 0.717) is 28.9 Å². The fourth-order valence-electron chi connectivity index (χ4n) is 2.85. The van der Waals surface area contributed by atoms with Crippen molar-refractivity contribution in [2.45, 2.75) is 19.3 Å². The Hall–Kier alpha value is -2.99. The summed E-state index contributed by atoms with van der Waals surface area (Å²) in [5, 5.41) is 6.27. The normalized spacial score (nSPS) is 13.7. The molecule has 1 aliphatic rings. The summed E-state index contributed by atoms with van der Waals surface area (Å²) in [7, 11) is 0. The van der Waals surface area contributed by atoms with Crippen LogP contribution in [0, 0.1) is 0 Å². The molecule has 6 heteroatoms. The van der Waals surface area contributed by atoms with Gasteiger partial charge in [-0.2, -0.15) is 0 Å². The van der Waals surface area contributed by atoms with Crippen molar-refractivity contribution in [2.75, 3.05) is 10.6 Å². The third-order valence-corrected chi connectivity index (χ3v) is 4.18. The van der Waals surface area contributed by atoms with Gasteiger partial charge in [0.25, 0.3) is 0 Å². The van der Waals surface area contributed by atoms with Crippen LogP contribution in [0.5, 0.6) is 0 Å². The molecule has 0 aliphatic heterocycles. The Kier molecular flexibility index (Phi) is 5.43. The summed E-state index contributed by atoms with van der Waals surface area (Å²) in [4.78, 5) is 24.4. The highest BCUT2D eigenvalue weighted by Gasteiger charge is 2.15. The van der Waals surface area contributed by atoms with E-state index in [-0.39, 0.29) is 16.7 Å². The third kappa shape index (κ3) is 4.34. The average molecular weight is 365 g/mol. The quantitative estimate of drug-likeness (QED) is 0.554. The second-order valence-electron chi connectivity index (χ2n) is 6.06. The summed E-state index contributed by atoms with van der Waals surface area (Å²) in [6, 6.07) is 14.3. The highest BCUT2D eigenvalue weighted by atomic mass is 32.1.